The Kier molecular flexibility index (Phi) is 5.12. The van der Waals surface area contributed by atoms with Gasteiger partial charge in [-0.2, -0.15) is 0 Å². The van der Waals surface area contributed by atoms with Gasteiger partial charge in [-0.05, 0) is 25.0 Å². The van der Waals surface area contributed by atoms with Gasteiger partial charge in [0.25, 0.3) is 0 Å². The molecule has 2 aromatic rings. The van der Waals surface area contributed by atoms with E-state index in [-0.39, 0.29) is 5.69 Å². The first kappa shape index (κ1) is 14.5. The van der Waals surface area contributed by atoms with Crippen LogP contribution in [0.25, 0.3) is 0 Å². The number of carboxylic acid groups (broad SMARTS) is 1. The fourth-order valence-corrected chi connectivity index (χ4v) is 2.89. The fourth-order valence-electron chi connectivity index (χ4n) is 1.84. The molecule has 0 saturated heterocycles. The van der Waals surface area contributed by atoms with E-state index in [1.54, 1.807) is 0 Å². The fraction of sp³-hybridized carbons (Fsp3) is 0.333. The van der Waals surface area contributed by atoms with Gasteiger partial charge in [0.15, 0.2) is 5.69 Å². The molecule has 0 radical (unpaired) electrons. The summed E-state index contributed by atoms with van der Waals surface area (Å²) in [6.07, 6.45) is 2.28. The van der Waals surface area contributed by atoms with Crippen LogP contribution in [0.3, 0.4) is 0 Å². The third-order valence-corrected chi connectivity index (χ3v) is 4.07. The van der Waals surface area contributed by atoms with E-state index < -0.39 is 5.97 Å². The Labute approximate surface area is 122 Å². The molecular formula is C15H17NO3S. The van der Waals surface area contributed by atoms with Crippen molar-refractivity contribution in [3.05, 3.63) is 45.9 Å². The number of thiazole rings is 1. The maximum atomic E-state index is 11.0. The number of carbonyl (C=O) groups is 1. The highest BCUT2D eigenvalue weighted by atomic mass is 32.1. The lowest BCUT2D eigenvalue weighted by atomic mass is 10.3. The predicted molar refractivity (Wildman–Crippen MR) is 78.7 cm³/mol. The summed E-state index contributed by atoms with van der Waals surface area (Å²) < 4.78 is 5.60. The highest BCUT2D eigenvalue weighted by Gasteiger charge is 2.15. The van der Waals surface area contributed by atoms with E-state index in [1.165, 1.54) is 11.3 Å². The Morgan fingerprint density at radius 3 is 2.70 bits per heavy atom. The molecule has 106 valence electrons. The van der Waals surface area contributed by atoms with Crippen LogP contribution in [-0.4, -0.2) is 22.7 Å². The molecule has 1 N–H and O–H groups in total. The second-order valence-electron chi connectivity index (χ2n) is 4.30. The van der Waals surface area contributed by atoms with E-state index in [0.717, 1.165) is 28.5 Å². The van der Waals surface area contributed by atoms with Crippen molar-refractivity contribution in [1.29, 1.82) is 0 Å². The Hall–Kier alpha value is -1.88. The number of carboxylic acids is 1. The van der Waals surface area contributed by atoms with Crippen LogP contribution in [0, 0.1) is 0 Å². The quantitative estimate of drug-likeness (QED) is 0.794. The lowest BCUT2D eigenvalue weighted by Gasteiger charge is -2.04. The number of aromatic carboxylic acids is 1. The molecule has 4 nitrogen and oxygen atoms in total. The van der Waals surface area contributed by atoms with Crippen LogP contribution < -0.4 is 4.74 Å². The number of benzene rings is 1. The van der Waals surface area contributed by atoms with E-state index in [0.29, 0.717) is 13.0 Å². The zero-order valence-electron chi connectivity index (χ0n) is 11.3. The molecule has 1 aromatic heterocycles. The second-order valence-corrected chi connectivity index (χ2v) is 5.47. The molecule has 5 heteroatoms. The molecule has 1 aromatic carbocycles. The van der Waals surface area contributed by atoms with Crippen LogP contribution in [0.2, 0.25) is 0 Å². The van der Waals surface area contributed by atoms with Gasteiger partial charge in [0, 0.05) is 11.3 Å². The molecule has 20 heavy (non-hydrogen) atoms. The van der Waals surface area contributed by atoms with Crippen molar-refractivity contribution in [3.63, 3.8) is 0 Å². The molecule has 0 saturated carbocycles. The van der Waals surface area contributed by atoms with Crippen molar-refractivity contribution in [2.45, 2.75) is 26.2 Å². The Morgan fingerprint density at radius 1 is 1.35 bits per heavy atom. The average Bonchev–Trinajstić information content (AvgIpc) is 2.88. The summed E-state index contributed by atoms with van der Waals surface area (Å²) >= 11 is 1.49. The van der Waals surface area contributed by atoms with Crippen LogP contribution in [0.15, 0.2) is 30.3 Å². The summed E-state index contributed by atoms with van der Waals surface area (Å²) in [6.45, 7) is 2.55. The minimum Gasteiger partial charge on any atom is -0.494 e. The van der Waals surface area contributed by atoms with Crippen molar-refractivity contribution in [3.8, 4) is 5.75 Å². The summed E-state index contributed by atoms with van der Waals surface area (Å²) in [5.41, 5.74) is 0.205. The Morgan fingerprint density at radius 2 is 2.10 bits per heavy atom. The van der Waals surface area contributed by atoms with Crippen LogP contribution in [0.1, 0.15) is 33.7 Å². The number of nitrogens with zero attached hydrogens (tertiary/aromatic N) is 1. The monoisotopic (exact) mass is 291 g/mol. The molecule has 0 amide bonds. The van der Waals surface area contributed by atoms with E-state index in [4.69, 9.17) is 9.84 Å². The van der Waals surface area contributed by atoms with Crippen molar-refractivity contribution < 1.29 is 14.6 Å². The summed E-state index contributed by atoms with van der Waals surface area (Å²) in [4.78, 5) is 16.1. The van der Waals surface area contributed by atoms with Crippen molar-refractivity contribution in [1.82, 2.24) is 4.98 Å². The zero-order valence-corrected chi connectivity index (χ0v) is 12.2. The topological polar surface area (TPSA) is 59.4 Å². The number of aryl methyl sites for hydroxylation is 2. The molecule has 0 aliphatic rings. The van der Waals surface area contributed by atoms with Gasteiger partial charge in [0.1, 0.15) is 5.75 Å². The van der Waals surface area contributed by atoms with Gasteiger partial charge < -0.3 is 9.84 Å². The summed E-state index contributed by atoms with van der Waals surface area (Å²) in [5, 5.41) is 9.92. The maximum absolute atomic E-state index is 11.0. The van der Waals surface area contributed by atoms with E-state index in [2.05, 4.69) is 4.98 Å². The van der Waals surface area contributed by atoms with Crippen LogP contribution >= 0.6 is 11.3 Å². The van der Waals surface area contributed by atoms with Gasteiger partial charge in [-0.3, -0.25) is 0 Å². The number of hydrogen-bond acceptors (Lipinski definition) is 4. The first-order valence-corrected chi connectivity index (χ1v) is 7.42. The molecule has 0 unspecified atom stereocenters. The number of hydrogen-bond donors (Lipinski definition) is 1. The first-order valence-electron chi connectivity index (χ1n) is 6.60. The third-order valence-electron chi connectivity index (χ3n) is 2.81. The largest absolute Gasteiger partial charge is 0.494 e. The van der Waals surface area contributed by atoms with Crippen LogP contribution in [0.5, 0.6) is 5.75 Å². The van der Waals surface area contributed by atoms with Gasteiger partial charge in [0.05, 0.1) is 11.6 Å². The second kappa shape index (κ2) is 7.05. The number of aromatic nitrogens is 1. The number of rotatable bonds is 7. The smallest absolute Gasteiger partial charge is 0.355 e. The van der Waals surface area contributed by atoms with Crippen molar-refractivity contribution >= 4 is 17.3 Å². The molecule has 0 fully saturated rings. The highest BCUT2D eigenvalue weighted by molar-refractivity contribution is 7.11. The normalized spacial score (nSPS) is 10.4. The van der Waals surface area contributed by atoms with Crippen LogP contribution in [0.4, 0.5) is 0 Å². The van der Waals surface area contributed by atoms with Gasteiger partial charge >= 0.3 is 5.97 Å². The number of ether oxygens (including phenoxy) is 1. The Bertz CT molecular complexity index is 566. The van der Waals surface area contributed by atoms with E-state index >= 15 is 0 Å². The minimum absolute atomic E-state index is 0.205. The molecule has 0 bridgehead atoms. The molecule has 1 heterocycles. The van der Waals surface area contributed by atoms with Crippen molar-refractivity contribution in [2.75, 3.05) is 6.61 Å². The minimum atomic E-state index is -0.940. The highest BCUT2D eigenvalue weighted by Crippen LogP contribution is 2.20. The lowest BCUT2D eigenvalue weighted by Crippen LogP contribution is -2.01. The third kappa shape index (κ3) is 3.81. The summed E-state index contributed by atoms with van der Waals surface area (Å²) in [5.74, 6) is -0.0861. The van der Waals surface area contributed by atoms with Crippen LogP contribution in [-0.2, 0) is 12.8 Å². The molecule has 0 spiro atoms. The van der Waals surface area contributed by atoms with E-state index in [1.807, 2.05) is 37.3 Å². The Balaban J connectivity index is 1.84. The predicted octanol–water partition coefficient (Wildman–Crippen LogP) is 3.42. The maximum Gasteiger partial charge on any atom is 0.355 e. The van der Waals surface area contributed by atoms with E-state index in [9.17, 15) is 4.79 Å². The van der Waals surface area contributed by atoms with Crippen molar-refractivity contribution in [2.24, 2.45) is 0 Å². The average molecular weight is 291 g/mol. The SMILES string of the molecule is CCc1sc(CCCOc2ccccc2)nc1C(=O)O. The zero-order chi connectivity index (χ0) is 14.4. The lowest BCUT2D eigenvalue weighted by molar-refractivity contribution is 0.0690. The molecule has 0 atom stereocenters. The van der Waals surface area contributed by atoms with Gasteiger partial charge in [0.2, 0.25) is 0 Å². The number of para-hydroxylation sites is 1. The van der Waals surface area contributed by atoms with Gasteiger partial charge in [-0.25, -0.2) is 9.78 Å². The molecule has 0 aliphatic carbocycles. The first-order chi connectivity index (χ1) is 9.70. The molecule has 0 aliphatic heterocycles. The molecular weight excluding hydrogens is 274 g/mol. The summed E-state index contributed by atoms with van der Waals surface area (Å²) in [7, 11) is 0. The standard InChI is InChI=1S/C15H17NO3S/c1-2-12-14(15(17)18)16-13(20-12)9-6-10-19-11-7-4-3-5-8-11/h3-5,7-8H,2,6,9-10H2,1H3,(H,17,18). The summed E-state index contributed by atoms with van der Waals surface area (Å²) in [6, 6.07) is 9.65. The van der Waals surface area contributed by atoms with Gasteiger partial charge in [-0.15, -0.1) is 11.3 Å². The molecule has 2 rings (SSSR count). The van der Waals surface area contributed by atoms with Gasteiger partial charge in [-0.1, -0.05) is 25.1 Å².